The molecule has 2 rings (SSSR count). The predicted molar refractivity (Wildman–Crippen MR) is 77.1 cm³/mol. The third-order valence-electron chi connectivity index (χ3n) is 3.11. The van der Waals surface area contributed by atoms with Crippen LogP contribution in [0.4, 0.5) is 0 Å². The molecule has 0 saturated heterocycles. The summed E-state index contributed by atoms with van der Waals surface area (Å²) < 4.78 is 10.2. The van der Waals surface area contributed by atoms with Crippen LogP contribution in [-0.4, -0.2) is 23.2 Å². The topological polar surface area (TPSA) is 77.2 Å². The van der Waals surface area contributed by atoms with Gasteiger partial charge < -0.3 is 14.6 Å². The van der Waals surface area contributed by atoms with Gasteiger partial charge in [-0.15, -0.1) is 0 Å². The fourth-order valence-electron chi connectivity index (χ4n) is 1.92. The van der Waals surface area contributed by atoms with Crippen LogP contribution in [0.3, 0.4) is 0 Å². The van der Waals surface area contributed by atoms with Crippen molar-refractivity contribution in [3.05, 3.63) is 41.5 Å². The maximum Gasteiger partial charge on any atom is 0.251 e. The first kappa shape index (κ1) is 15.0. The van der Waals surface area contributed by atoms with Crippen molar-refractivity contribution in [2.45, 2.75) is 26.8 Å². The largest absolute Gasteiger partial charge is 0.497 e. The maximum atomic E-state index is 12.3. The lowest BCUT2D eigenvalue weighted by molar-refractivity contribution is 0.0914. The number of aryl methyl sites for hydroxylation is 1. The summed E-state index contributed by atoms with van der Waals surface area (Å²) >= 11 is 0. The van der Waals surface area contributed by atoms with E-state index in [-0.39, 0.29) is 17.9 Å². The number of rotatable bonds is 5. The zero-order valence-electron chi connectivity index (χ0n) is 12.6. The van der Waals surface area contributed by atoms with Gasteiger partial charge in [-0.05, 0) is 37.1 Å². The quantitative estimate of drug-likeness (QED) is 0.915. The van der Waals surface area contributed by atoms with E-state index in [0.29, 0.717) is 23.0 Å². The monoisotopic (exact) mass is 289 g/mol. The molecule has 1 N–H and O–H groups in total. The third-order valence-corrected chi connectivity index (χ3v) is 3.11. The summed E-state index contributed by atoms with van der Waals surface area (Å²) in [6, 6.07) is 6.60. The Labute approximate surface area is 123 Å². The lowest BCUT2D eigenvalue weighted by Crippen LogP contribution is -2.32. The van der Waals surface area contributed by atoms with Crippen molar-refractivity contribution in [3.63, 3.8) is 0 Å². The van der Waals surface area contributed by atoms with E-state index >= 15 is 0 Å². The minimum Gasteiger partial charge on any atom is -0.497 e. The van der Waals surface area contributed by atoms with E-state index in [1.165, 1.54) is 0 Å². The zero-order valence-corrected chi connectivity index (χ0v) is 12.6. The number of nitrogens with one attached hydrogen (secondary N) is 1. The van der Waals surface area contributed by atoms with Crippen LogP contribution in [0.1, 0.15) is 42.0 Å². The third kappa shape index (κ3) is 3.59. The summed E-state index contributed by atoms with van der Waals surface area (Å²) in [7, 11) is 1.59. The second kappa shape index (κ2) is 6.39. The van der Waals surface area contributed by atoms with Crippen molar-refractivity contribution in [2.75, 3.05) is 7.11 Å². The summed E-state index contributed by atoms with van der Waals surface area (Å²) in [5, 5.41) is 6.69. The first-order valence-electron chi connectivity index (χ1n) is 6.76. The van der Waals surface area contributed by atoms with E-state index in [1.807, 2.05) is 13.8 Å². The Morgan fingerprint density at radius 1 is 1.29 bits per heavy atom. The van der Waals surface area contributed by atoms with Gasteiger partial charge in [0.05, 0.1) is 7.11 Å². The zero-order chi connectivity index (χ0) is 15.4. The summed E-state index contributed by atoms with van der Waals surface area (Å²) in [5.74, 6) is 1.62. The van der Waals surface area contributed by atoms with Gasteiger partial charge in [0.1, 0.15) is 11.8 Å². The van der Waals surface area contributed by atoms with Crippen molar-refractivity contribution >= 4 is 5.91 Å². The molecule has 1 heterocycles. The van der Waals surface area contributed by atoms with Gasteiger partial charge in [0.2, 0.25) is 5.89 Å². The van der Waals surface area contributed by atoms with Gasteiger partial charge in [-0.3, -0.25) is 4.79 Å². The molecule has 0 spiro atoms. The highest BCUT2D eigenvalue weighted by Crippen LogP contribution is 2.21. The molecule has 1 aromatic carbocycles. The smallest absolute Gasteiger partial charge is 0.251 e. The van der Waals surface area contributed by atoms with E-state index in [9.17, 15) is 4.79 Å². The molecule has 0 radical (unpaired) electrons. The summed E-state index contributed by atoms with van der Waals surface area (Å²) in [6.45, 7) is 5.71. The van der Waals surface area contributed by atoms with Gasteiger partial charge in [-0.25, -0.2) is 0 Å². The molecule has 6 heteroatoms. The molecule has 0 aliphatic rings. The van der Waals surface area contributed by atoms with E-state index in [0.717, 1.165) is 0 Å². The van der Waals surface area contributed by atoms with Gasteiger partial charge >= 0.3 is 0 Å². The number of hydrogen-bond acceptors (Lipinski definition) is 5. The van der Waals surface area contributed by atoms with Gasteiger partial charge in [-0.2, -0.15) is 4.98 Å². The van der Waals surface area contributed by atoms with E-state index < -0.39 is 0 Å². The van der Waals surface area contributed by atoms with Gasteiger partial charge in [0.15, 0.2) is 5.82 Å². The molecule has 6 nitrogen and oxygen atoms in total. The number of aromatic nitrogens is 2. The standard InChI is InChI=1S/C15H19N3O3/c1-9(2)13(15-16-10(3)18-21-15)17-14(19)11-5-7-12(20-4)8-6-11/h5-9,13H,1-4H3,(H,17,19)/t13-/m1/s1. The molecule has 1 amide bonds. The molecule has 1 atom stereocenters. The molecule has 0 aliphatic carbocycles. The fourth-order valence-corrected chi connectivity index (χ4v) is 1.92. The Bertz CT molecular complexity index is 605. The molecule has 0 saturated carbocycles. The number of methoxy groups -OCH3 is 1. The van der Waals surface area contributed by atoms with Crippen LogP contribution in [-0.2, 0) is 0 Å². The summed E-state index contributed by atoms with van der Waals surface area (Å²) in [6.07, 6.45) is 0. The highest BCUT2D eigenvalue weighted by atomic mass is 16.5. The Morgan fingerprint density at radius 2 is 1.95 bits per heavy atom. The number of ether oxygens (including phenoxy) is 1. The van der Waals surface area contributed by atoms with Crippen LogP contribution in [0, 0.1) is 12.8 Å². The highest BCUT2D eigenvalue weighted by Gasteiger charge is 2.24. The Kier molecular flexibility index (Phi) is 4.57. The van der Waals surface area contributed by atoms with Crippen molar-refractivity contribution in [2.24, 2.45) is 5.92 Å². The minimum atomic E-state index is -0.319. The highest BCUT2D eigenvalue weighted by molar-refractivity contribution is 5.94. The first-order valence-corrected chi connectivity index (χ1v) is 6.76. The van der Waals surface area contributed by atoms with Gasteiger partial charge in [-0.1, -0.05) is 19.0 Å². The van der Waals surface area contributed by atoms with E-state index in [2.05, 4.69) is 15.5 Å². The molecule has 0 bridgehead atoms. The molecule has 0 fully saturated rings. The van der Waals surface area contributed by atoms with Gasteiger partial charge in [0.25, 0.3) is 5.91 Å². The van der Waals surface area contributed by atoms with Crippen molar-refractivity contribution in [1.29, 1.82) is 0 Å². The Balaban J connectivity index is 2.14. The van der Waals surface area contributed by atoms with Crippen LogP contribution >= 0.6 is 0 Å². The lowest BCUT2D eigenvalue weighted by Gasteiger charge is -2.18. The predicted octanol–water partition coefficient (Wildman–Crippen LogP) is 2.51. The normalized spacial score (nSPS) is 12.2. The minimum absolute atomic E-state index is 0.132. The molecule has 21 heavy (non-hydrogen) atoms. The van der Waals surface area contributed by atoms with Crippen molar-refractivity contribution < 1.29 is 14.1 Å². The molecule has 0 aliphatic heterocycles. The molecule has 1 aromatic heterocycles. The number of hydrogen-bond donors (Lipinski definition) is 1. The van der Waals surface area contributed by atoms with E-state index in [1.54, 1.807) is 38.3 Å². The first-order chi connectivity index (χ1) is 10.0. The average molecular weight is 289 g/mol. The number of nitrogens with zero attached hydrogens (tertiary/aromatic N) is 2. The van der Waals surface area contributed by atoms with Crippen LogP contribution < -0.4 is 10.1 Å². The number of benzene rings is 1. The second-order valence-corrected chi connectivity index (χ2v) is 5.10. The molecule has 112 valence electrons. The Morgan fingerprint density at radius 3 is 2.43 bits per heavy atom. The molecular weight excluding hydrogens is 270 g/mol. The second-order valence-electron chi connectivity index (χ2n) is 5.10. The van der Waals surface area contributed by atoms with Crippen LogP contribution in [0.15, 0.2) is 28.8 Å². The molecule has 2 aromatic rings. The molecule has 0 unspecified atom stereocenters. The van der Waals surface area contributed by atoms with Crippen LogP contribution in [0.5, 0.6) is 5.75 Å². The number of amides is 1. The number of carbonyl (C=O) groups excluding carboxylic acids is 1. The maximum absolute atomic E-state index is 12.3. The summed E-state index contributed by atoms with van der Waals surface area (Å²) in [4.78, 5) is 16.5. The van der Waals surface area contributed by atoms with Crippen LogP contribution in [0.2, 0.25) is 0 Å². The molecular formula is C15H19N3O3. The fraction of sp³-hybridized carbons (Fsp3) is 0.400. The van der Waals surface area contributed by atoms with Gasteiger partial charge in [0, 0.05) is 5.56 Å². The number of carbonyl (C=O) groups is 1. The summed E-state index contributed by atoms with van der Waals surface area (Å²) in [5.41, 5.74) is 0.553. The lowest BCUT2D eigenvalue weighted by atomic mass is 10.0. The van der Waals surface area contributed by atoms with Crippen LogP contribution in [0.25, 0.3) is 0 Å². The SMILES string of the molecule is COc1ccc(C(=O)N[C@@H](c2nc(C)no2)C(C)C)cc1. The van der Waals surface area contributed by atoms with E-state index in [4.69, 9.17) is 9.26 Å². The average Bonchev–Trinajstić information content (AvgIpc) is 2.90. The van der Waals surface area contributed by atoms with Crippen molar-refractivity contribution in [3.8, 4) is 5.75 Å². The Hall–Kier alpha value is -2.37. The van der Waals surface area contributed by atoms with Crippen molar-refractivity contribution in [1.82, 2.24) is 15.5 Å².